The minimum atomic E-state index is 0. The van der Waals surface area contributed by atoms with E-state index in [-0.39, 0.29) is 11.3 Å². The summed E-state index contributed by atoms with van der Waals surface area (Å²) in [6.07, 6.45) is 6.84. The second kappa shape index (κ2) is 7.37. The standard InChI is InChI=1S/C20H22O.H2O/c1-15(21)18-10-12-20(13-11-18)19-8-6-17(7-9-19)14-16-4-2-3-5-16;/h6-13,16H,2-5,14H2,1H3;1H2. The fourth-order valence-corrected chi connectivity index (χ4v) is 3.28. The SMILES string of the molecule is CC(=O)c1ccc(-c2ccc(CC3CCCC3)cc2)cc1.O. The number of carbonyl (C=O) groups is 1. The fraction of sp³-hybridized carbons (Fsp3) is 0.350. The third kappa shape index (κ3) is 3.83. The zero-order valence-corrected chi connectivity index (χ0v) is 13.1. The number of benzene rings is 2. The Balaban J connectivity index is 0.00000176. The van der Waals surface area contributed by atoms with Gasteiger partial charge in [-0.3, -0.25) is 4.79 Å². The van der Waals surface area contributed by atoms with Crippen LogP contribution >= 0.6 is 0 Å². The molecule has 1 aliphatic carbocycles. The Labute approximate surface area is 132 Å². The van der Waals surface area contributed by atoms with Crippen molar-refractivity contribution >= 4 is 5.78 Å². The normalized spacial score (nSPS) is 14.6. The van der Waals surface area contributed by atoms with Crippen LogP contribution in [0.1, 0.15) is 48.5 Å². The summed E-state index contributed by atoms with van der Waals surface area (Å²) >= 11 is 0. The van der Waals surface area contributed by atoms with Crippen molar-refractivity contribution in [2.24, 2.45) is 5.92 Å². The van der Waals surface area contributed by atoms with Crippen LogP contribution in [0.2, 0.25) is 0 Å². The average molecular weight is 296 g/mol. The molecule has 1 aliphatic rings. The molecule has 1 saturated carbocycles. The minimum Gasteiger partial charge on any atom is -0.412 e. The van der Waals surface area contributed by atoms with E-state index in [0.29, 0.717) is 0 Å². The molecule has 0 spiro atoms. The van der Waals surface area contributed by atoms with Gasteiger partial charge in [0.1, 0.15) is 0 Å². The lowest BCUT2D eigenvalue weighted by atomic mass is 9.96. The van der Waals surface area contributed by atoms with E-state index in [2.05, 4.69) is 24.3 Å². The predicted molar refractivity (Wildman–Crippen MR) is 91.2 cm³/mol. The van der Waals surface area contributed by atoms with Gasteiger partial charge in [0, 0.05) is 5.56 Å². The molecule has 116 valence electrons. The largest absolute Gasteiger partial charge is 0.412 e. The molecular formula is C20H24O2. The number of rotatable bonds is 4. The first-order valence-corrected chi connectivity index (χ1v) is 7.93. The molecule has 2 nitrogen and oxygen atoms in total. The molecule has 2 aromatic carbocycles. The van der Waals surface area contributed by atoms with Gasteiger partial charge in [-0.25, -0.2) is 0 Å². The Morgan fingerprint density at radius 3 is 1.91 bits per heavy atom. The Morgan fingerprint density at radius 1 is 0.909 bits per heavy atom. The van der Waals surface area contributed by atoms with Crippen molar-refractivity contribution in [3.8, 4) is 11.1 Å². The van der Waals surface area contributed by atoms with Gasteiger partial charge >= 0.3 is 0 Å². The molecular weight excluding hydrogens is 272 g/mol. The second-order valence-electron chi connectivity index (χ2n) is 6.19. The zero-order valence-electron chi connectivity index (χ0n) is 13.1. The number of hydrogen-bond donors (Lipinski definition) is 0. The maximum Gasteiger partial charge on any atom is 0.159 e. The summed E-state index contributed by atoms with van der Waals surface area (Å²) in [5.41, 5.74) is 4.62. The third-order valence-corrected chi connectivity index (χ3v) is 4.58. The Morgan fingerprint density at radius 2 is 1.41 bits per heavy atom. The predicted octanol–water partition coefficient (Wildman–Crippen LogP) is 4.46. The van der Waals surface area contributed by atoms with Crippen molar-refractivity contribution in [3.05, 3.63) is 59.7 Å². The smallest absolute Gasteiger partial charge is 0.159 e. The highest BCUT2D eigenvalue weighted by Gasteiger charge is 2.15. The highest BCUT2D eigenvalue weighted by Crippen LogP contribution is 2.29. The summed E-state index contributed by atoms with van der Waals surface area (Å²) in [6.45, 7) is 1.60. The molecule has 2 heteroatoms. The molecule has 0 radical (unpaired) electrons. The average Bonchev–Trinajstić information content (AvgIpc) is 3.01. The highest BCUT2D eigenvalue weighted by atomic mass is 16.1. The van der Waals surface area contributed by atoms with E-state index in [4.69, 9.17) is 0 Å². The van der Waals surface area contributed by atoms with Crippen molar-refractivity contribution < 1.29 is 10.3 Å². The van der Waals surface area contributed by atoms with Crippen LogP contribution in [0.15, 0.2) is 48.5 Å². The summed E-state index contributed by atoms with van der Waals surface area (Å²) in [6, 6.07) is 16.8. The van der Waals surface area contributed by atoms with E-state index >= 15 is 0 Å². The molecule has 1 fully saturated rings. The van der Waals surface area contributed by atoms with Gasteiger partial charge in [-0.1, -0.05) is 74.2 Å². The van der Waals surface area contributed by atoms with Gasteiger partial charge in [0.25, 0.3) is 0 Å². The summed E-state index contributed by atoms with van der Waals surface area (Å²) in [5, 5.41) is 0. The Bertz CT molecular complexity index is 605. The van der Waals surface area contributed by atoms with Gasteiger partial charge < -0.3 is 5.48 Å². The molecule has 0 amide bonds. The summed E-state index contributed by atoms with van der Waals surface area (Å²) in [4.78, 5) is 11.3. The van der Waals surface area contributed by atoms with E-state index in [0.717, 1.165) is 11.5 Å². The lowest BCUT2D eigenvalue weighted by Crippen LogP contribution is -1.98. The van der Waals surface area contributed by atoms with E-state index in [1.54, 1.807) is 6.92 Å². The maximum absolute atomic E-state index is 11.3. The molecule has 2 aromatic rings. The summed E-state index contributed by atoms with van der Waals surface area (Å²) in [7, 11) is 0. The number of Topliss-reactive ketones (excluding diaryl/α,β-unsaturated/α-hetero) is 1. The van der Waals surface area contributed by atoms with Crippen molar-refractivity contribution in [2.45, 2.75) is 39.0 Å². The number of ketones is 1. The molecule has 22 heavy (non-hydrogen) atoms. The van der Waals surface area contributed by atoms with Crippen LogP contribution in [0.4, 0.5) is 0 Å². The highest BCUT2D eigenvalue weighted by molar-refractivity contribution is 5.94. The molecule has 2 N–H and O–H groups in total. The first-order valence-electron chi connectivity index (χ1n) is 7.93. The third-order valence-electron chi connectivity index (χ3n) is 4.58. The zero-order chi connectivity index (χ0) is 14.7. The van der Waals surface area contributed by atoms with Crippen LogP contribution in [0, 0.1) is 5.92 Å². The molecule has 0 saturated heterocycles. The van der Waals surface area contributed by atoms with E-state index in [9.17, 15) is 4.79 Å². The van der Waals surface area contributed by atoms with Gasteiger partial charge in [-0.2, -0.15) is 0 Å². The summed E-state index contributed by atoms with van der Waals surface area (Å²) < 4.78 is 0. The van der Waals surface area contributed by atoms with Crippen LogP contribution in [-0.2, 0) is 6.42 Å². The van der Waals surface area contributed by atoms with Crippen molar-refractivity contribution in [2.75, 3.05) is 0 Å². The Kier molecular flexibility index (Phi) is 5.51. The van der Waals surface area contributed by atoms with Gasteiger partial charge in [0.05, 0.1) is 0 Å². The van der Waals surface area contributed by atoms with Crippen LogP contribution in [-0.4, -0.2) is 11.3 Å². The number of carbonyl (C=O) groups excluding carboxylic acids is 1. The Hall–Kier alpha value is -1.93. The molecule has 0 aliphatic heterocycles. The molecule has 3 rings (SSSR count). The number of hydrogen-bond acceptors (Lipinski definition) is 1. The van der Waals surface area contributed by atoms with E-state index in [1.807, 2.05) is 24.3 Å². The minimum absolute atomic E-state index is 0. The van der Waals surface area contributed by atoms with Crippen LogP contribution in [0.3, 0.4) is 0 Å². The molecule has 0 aromatic heterocycles. The molecule has 0 unspecified atom stereocenters. The maximum atomic E-state index is 11.3. The van der Waals surface area contributed by atoms with E-state index in [1.165, 1.54) is 48.8 Å². The van der Waals surface area contributed by atoms with E-state index < -0.39 is 0 Å². The fourth-order valence-electron chi connectivity index (χ4n) is 3.28. The summed E-state index contributed by atoms with van der Waals surface area (Å²) in [5.74, 6) is 1.01. The monoisotopic (exact) mass is 296 g/mol. The van der Waals surface area contributed by atoms with Crippen molar-refractivity contribution in [3.63, 3.8) is 0 Å². The molecule has 0 bridgehead atoms. The quantitative estimate of drug-likeness (QED) is 0.768. The van der Waals surface area contributed by atoms with Crippen LogP contribution in [0.5, 0.6) is 0 Å². The second-order valence-corrected chi connectivity index (χ2v) is 6.19. The lowest BCUT2D eigenvalue weighted by Gasteiger charge is -2.10. The van der Waals surface area contributed by atoms with Gasteiger partial charge in [-0.15, -0.1) is 0 Å². The topological polar surface area (TPSA) is 48.6 Å². The van der Waals surface area contributed by atoms with Crippen LogP contribution in [0.25, 0.3) is 11.1 Å². The lowest BCUT2D eigenvalue weighted by molar-refractivity contribution is 0.101. The first kappa shape index (κ1) is 16.4. The van der Waals surface area contributed by atoms with Gasteiger partial charge in [0.2, 0.25) is 0 Å². The van der Waals surface area contributed by atoms with Gasteiger partial charge in [-0.05, 0) is 36.0 Å². The van der Waals surface area contributed by atoms with Crippen LogP contribution < -0.4 is 0 Å². The molecule has 0 heterocycles. The van der Waals surface area contributed by atoms with Crippen molar-refractivity contribution in [1.82, 2.24) is 0 Å². The van der Waals surface area contributed by atoms with Gasteiger partial charge in [0.15, 0.2) is 5.78 Å². The first-order chi connectivity index (χ1) is 10.2. The van der Waals surface area contributed by atoms with Crippen molar-refractivity contribution in [1.29, 1.82) is 0 Å². The molecule has 0 atom stereocenters.